The third-order valence-electron chi connectivity index (χ3n) is 6.72. The molecule has 3 N–H and O–H groups in total. The standard InChI is InChI=1S/C24H22N6O5S/c1-35-12-2-4-14-17(10-12)36-22(26-14)24(8-9-24)29-23(34)27-18-6-3-13-15(25-18)11-30(21(13)33)16-5-7-19(31)28-20(16)32/h2-4,6,10,16H,5,7-9,11H2,1H3,(H,28,31,32)(H2,25,27,29,34). The molecule has 5 amide bonds. The fourth-order valence-electron chi connectivity index (χ4n) is 4.62. The highest BCUT2D eigenvalue weighted by Gasteiger charge is 2.48. The van der Waals surface area contributed by atoms with Gasteiger partial charge in [0.1, 0.15) is 22.6 Å². The summed E-state index contributed by atoms with van der Waals surface area (Å²) in [5.41, 5.74) is 1.20. The van der Waals surface area contributed by atoms with E-state index in [0.29, 0.717) is 17.1 Å². The molecule has 4 heterocycles. The van der Waals surface area contributed by atoms with Crippen molar-refractivity contribution in [1.82, 2.24) is 25.5 Å². The number of hydrogen-bond donors (Lipinski definition) is 3. The van der Waals surface area contributed by atoms with E-state index in [2.05, 4.69) is 20.9 Å². The molecule has 2 fully saturated rings. The van der Waals surface area contributed by atoms with Crippen LogP contribution in [0.4, 0.5) is 10.6 Å². The Kier molecular flexibility index (Phi) is 5.14. The summed E-state index contributed by atoms with van der Waals surface area (Å²) in [4.78, 5) is 59.9. The first kappa shape index (κ1) is 22.4. The molecule has 1 atom stereocenters. The van der Waals surface area contributed by atoms with Gasteiger partial charge in [-0.15, -0.1) is 11.3 Å². The molecule has 1 unspecified atom stereocenters. The van der Waals surface area contributed by atoms with Gasteiger partial charge in [0.05, 0.1) is 40.7 Å². The van der Waals surface area contributed by atoms with Crippen LogP contribution < -0.4 is 20.7 Å². The van der Waals surface area contributed by atoms with Crippen LogP contribution in [0.15, 0.2) is 30.3 Å². The number of ether oxygens (including phenoxy) is 1. The quantitative estimate of drug-likeness (QED) is 0.451. The highest BCUT2D eigenvalue weighted by molar-refractivity contribution is 7.18. The van der Waals surface area contributed by atoms with E-state index in [1.54, 1.807) is 19.2 Å². The predicted molar refractivity (Wildman–Crippen MR) is 130 cm³/mol. The van der Waals surface area contributed by atoms with E-state index in [4.69, 9.17) is 9.72 Å². The maximum atomic E-state index is 12.8. The fourth-order valence-corrected chi connectivity index (χ4v) is 5.82. The highest BCUT2D eigenvalue weighted by atomic mass is 32.1. The van der Waals surface area contributed by atoms with Crippen LogP contribution in [0, 0.1) is 0 Å². The molecule has 0 spiro atoms. The van der Waals surface area contributed by atoms with Gasteiger partial charge in [-0.05, 0) is 49.6 Å². The molecule has 1 aromatic carbocycles. The van der Waals surface area contributed by atoms with E-state index in [-0.39, 0.29) is 31.2 Å². The van der Waals surface area contributed by atoms with Gasteiger partial charge in [0.15, 0.2) is 0 Å². The van der Waals surface area contributed by atoms with Gasteiger partial charge in [-0.25, -0.2) is 14.8 Å². The number of carbonyl (C=O) groups is 4. The van der Waals surface area contributed by atoms with Crippen LogP contribution in [0.1, 0.15) is 46.7 Å². The largest absolute Gasteiger partial charge is 0.497 e. The number of pyridine rings is 1. The zero-order valence-electron chi connectivity index (χ0n) is 19.3. The maximum absolute atomic E-state index is 12.8. The summed E-state index contributed by atoms with van der Waals surface area (Å²) in [7, 11) is 1.62. The Balaban J connectivity index is 1.14. The molecule has 3 aromatic rings. The molecule has 6 rings (SSSR count). The van der Waals surface area contributed by atoms with Crippen molar-refractivity contribution in [2.45, 2.75) is 43.8 Å². The zero-order chi connectivity index (χ0) is 25.0. The van der Waals surface area contributed by atoms with Crippen LogP contribution in [-0.2, 0) is 21.7 Å². The molecule has 12 heteroatoms. The summed E-state index contributed by atoms with van der Waals surface area (Å²) < 4.78 is 6.28. The van der Waals surface area contributed by atoms with Crippen molar-refractivity contribution in [3.05, 3.63) is 46.6 Å². The number of anilines is 1. The Morgan fingerprint density at radius 2 is 2.03 bits per heavy atom. The topological polar surface area (TPSA) is 143 Å². The van der Waals surface area contributed by atoms with Crippen LogP contribution in [-0.4, -0.2) is 51.8 Å². The zero-order valence-corrected chi connectivity index (χ0v) is 20.1. The number of aromatic nitrogens is 2. The molecule has 36 heavy (non-hydrogen) atoms. The van der Waals surface area contributed by atoms with Crippen LogP contribution in [0.3, 0.4) is 0 Å². The summed E-state index contributed by atoms with van der Waals surface area (Å²) in [6.45, 7) is 0.136. The number of thiazole rings is 1. The Labute approximate surface area is 209 Å². The Hall–Kier alpha value is -4.06. The van der Waals surface area contributed by atoms with Crippen molar-refractivity contribution in [2.24, 2.45) is 0 Å². The summed E-state index contributed by atoms with van der Waals surface area (Å²) >= 11 is 1.53. The number of amides is 5. The minimum absolute atomic E-state index is 0.136. The van der Waals surface area contributed by atoms with E-state index >= 15 is 0 Å². The minimum Gasteiger partial charge on any atom is -0.497 e. The number of piperidine rings is 1. The molecule has 2 aromatic heterocycles. The lowest BCUT2D eigenvalue weighted by molar-refractivity contribution is -0.136. The van der Waals surface area contributed by atoms with Gasteiger partial charge in [-0.1, -0.05) is 0 Å². The lowest BCUT2D eigenvalue weighted by Gasteiger charge is -2.29. The Morgan fingerprint density at radius 1 is 1.19 bits per heavy atom. The van der Waals surface area contributed by atoms with Gasteiger partial charge in [0, 0.05) is 6.42 Å². The third kappa shape index (κ3) is 3.83. The smallest absolute Gasteiger partial charge is 0.321 e. The first-order valence-corrected chi connectivity index (χ1v) is 12.4. The first-order valence-electron chi connectivity index (χ1n) is 11.5. The lowest BCUT2D eigenvalue weighted by Crippen LogP contribution is -2.52. The van der Waals surface area contributed by atoms with Crippen molar-refractivity contribution in [2.75, 3.05) is 12.4 Å². The van der Waals surface area contributed by atoms with Crippen LogP contribution >= 0.6 is 11.3 Å². The summed E-state index contributed by atoms with van der Waals surface area (Å²) in [5.74, 6) is -0.0739. The SMILES string of the molecule is COc1ccc2nc(C3(NC(=O)Nc4ccc5c(n4)CN(C4CCC(=O)NC4=O)C5=O)CC3)sc2c1. The van der Waals surface area contributed by atoms with Gasteiger partial charge < -0.3 is 15.0 Å². The van der Waals surface area contributed by atoms with Crippen molar-refractivity contribution >= 4 is 51.1 Å². The highest BCUT2D eigenvalue weighted by Crippen LogP contribution is 2.48. The minimum atomic E-state index is -0.715. The maximum Gasteiger partial charge on any atom is 0.321 e. The number of carbonyl (C=O) groups excluding carboxylic acids is 4. The van der Waals surface area contributed by atoms with Crippen molar-refractivity contribution in [3.63, 3.8) is 0 Å². The van der Waals surface area contributed by atoms with E-state index in [9.17, 15) is 19.2 Å². The molecule has 11 nitrogen and oxygen atoms in total. The number of urea groups is 1. The Morgan fingerprint density at radius 3 is 2.78 bits per heavy atom. The number of nitrogens with zero attached hydrogens (tertiary/aromatic N) is 3. The normalized spacial score (nSPS) is 20.2. The van der Waals surface area contributed by atoms with Gasteiger partial charge >= 0.3 is 6.03 Å². The van der Waals surface area contributed by atoms with Crippen LogP contribution in [0.25, 0.3) is 10.2 Å². The molecule has 1 saturated heterocycles. The molecule has 1 saturated carbocycles. The van der Waals surface area contributed by atoms with Gasteiger partial charge in [0.25, 0.3) is 5.91 Å². The van der Waals surface area contributed by atoms with Crippen LogP contribution in [0.5, 0.6) is 5.75 Å². The van der Waals surface area contributed by atoms with Gasteiger partial charge in [0.2, 0.25) is 11.8 Å². The number of rotatable bonds is 5. The third-order valence-corrected chi connectivity index (χ3v) is 7.94. The van der Waals surface area contributed by atoms with E-state index in [1.807, 2.05) is 18.2 Å². The second kappa shape index (κ2) is 8.26. The molecule has 1 aliphatic carbocycles. The molecule has 3 aliphatic rings. The fraction of sp³-hybridized carbons (Fsp3) is 0.333. The van der Waals surface area contributed by atoms with Gasteiger partial charge in [-0.2, -0.15) is 0 Å². The van der Waals surface area contributed by atoms with E-state index in [1.165, 1.54) is 16.2 Å². The molecular weight excluding hydrogens is 484 g/mol. The van der Waals surface area contributed by atoms with Crippen molar-refractivity contribution in [3.8, 4) is 5.75 Å². The summed E-state index contributed by atoms with van der Waals surface area (Å²) in [6, 6.07) is 7.72. The second-order valence-corrected chi connectivity index (χ2v) is 10.1. The van der Waals surface area contributed by atoms with E-state index in [0.717, 1.165) is 33.8 Å². The molecule has 0 bridgehead atoms. The van der Waals surface area contributed by atoms with Crippen molar-refractivity contribution < 1.29 is 23.9 Å². The van der Waals surface area contributed by atoms with E-state index < -0.39 is 23.5 Å². The lowest BCUT2D eigenvalue weighted by atomic mass is 10.0. The average molecular weight is 507 g/mol. The first-order chi connectivity index (χ1) is 17.3. The predicted octanol–water partition coefficient (Wildman–Crippen LogP) is 2.27. The second-order valence-electron chi connectivity index (χ2n) is 9.10. The number of methoxy groups -OCH3 is 1. The van der Waals surface area contributed by atoms with Gasteiger partial charge in [-0.3, -0.25) is 25.0 Å². The number of nitrogens with one attached hydrogen (secondary N) is 3. The molecule has 0 radical (unpaired) electrons. The summed E-state index contributed by atoms with van der Waals surface area (Å²) in [5, 5.41) is 8.91. The van der Waals surface area contributed by atoms with Crippen LogP contribution in [0.2, 0.25) is 0 Å². The van der Waals surface area contributed by atoms with Crippen molar-refractivity contribution in [1.29, 1.82) is 0 Å². The average Bonchev–Trinajstić information content (AvgIpc) is 3.37. The molecule has 184 valence electrons. The number of hydrogen-bond acceptors (Lipinski definition) is 8. The number of benzene rings is 1. The summed E-state index contributed by atoms with van der Waals surface area (Å²) in [6.07, 6.45) is 2.02. The monoisotopic (exact) mass is 506 g/mol. The number of fused-ring (bicyclic) bond motifs is 2. The molecular formula is C24H22N6O5S. The number of imide groups is 1. The Bertz CT molecular complexity index is 1450. The molecule has 2 aliphatic heterocycles.